The predicted octanol–water partition coefficient (Wildman–Crippen LogP) is 3.00. The van der Waals surface area contributed by atoms with Gasteiger partial charge in [0, 0.05) is 25.7 Å². The van der Waals surface area contributed by atoms with Gasteiger partial charge >= 0.3 is 6.03 Å². The highest BCUT2D eigenvalue weighted by atomic mass is 16.5. The number of benzene rings is 1. The van der Waals surface area contributed by atoms with Crippen molar-refractivity contribution in [3.63, 3.8) is 0 Å². The van der Waals surface area contributed by atoms with Crippen LogP contribution in [0.1, 0.15) is 36.3 Å². The Morgan fingerprint density at radius 1 is 1.29 bits per heavy atom. The molecular weight excluding hydrogens is 354 g/mol. The predicted molar refractivity (Wildman–Crippen MR) is 107 cm³/mol. The Labute approximate surface area is 164 Å². The summed E-state index contributed by atoms with van der Waals surface area (Å²) in [6.45, 7) is 3.40. The van der Waals surface area contributed by atoms with Crippen LogP contribution in [0.25, 0.3) is 5.65 Å². The summed E-state index contributed by atoms with van der Waals surface area (Å²) in [5.41, 5.74) is 3.30. The molecule has 4 rings (SSSR count). The number of amides is 2. The summed E-state index contributed by atoms with van der Waals surface area (Å²) in [6.07, 6.45) is 4.41. The average molecular weight is 379 g/mol. The molecule has 146 valence electrons. The van der Waals surface area contributed by atoms with Gasteiger partial charge in [-0.3, -0.25) is 4.40 Å². The van der Waals surface area contributed by atoms with E-state index in [0.717, 1.165) is 48.6 Å². The first-order valence-corrected chi connectivity index (χ1v) is 9.67. The Bertz CT molecular complexity index is 984. The number of carbonyl (C=O) groups is 1. The number of nitrogens with one attached hydrogen (secondary N) is 1. The highest BCUT2D eigenvalue weighted by Crippen LogP contribution is 2.32. The average Bonchev–Trinajstić information content (AvgIpc) is 3.14. The van der Waals surface area contributed by atoms with E-state index in [1.54, 1.807) is 7.11 Å². The molecule has 1 N–H and O–H groups in total. The molecule has 1 aliphatic heterocycles. The number of aryl methyl sites for hydroxylation is 1. The summed E-state index contributed by atoms with van der Waals surface area (Å²) >= 11 is 0. The molecule has 0 spiro atoms. The molecule has 0 fully saturated rings. The van der Waals surface area contributed by atoms with Gasteiger partial charge in [0.25, 0.3) is 0 Å². The molecule has 0 aliphatic carbocycles. The SMILES string of the molecule is COc1ccc2c(c1)C(C)N(C(=O)NCCCc1nnc3ccccn13)CC2. The molecule has 1 aromatic carbocycles. The molecule has 2 amide bonds. The minimum Gasteiger partial charge on any atom is -0.497 e. The summed E-state index contributed by atoms with van der Waals surface area (Å²) in [6, 6.07) is 12.0. The van der Waals surface area contributed by atoms with Crippen LogP contribution in [0.5, 0.6) is 5.75 Å². The second kappa shape index (κ2) is 7.88. The number of ether oxygens (including phenoxy) is 1. The third-order valence-corrected chi connectivity index (χ3v) is 5.39. The van der Waals surface area contributed by atoms with Crippen molar-refractivity contribution in [1.82, 2.24) is 24.8 Å². The molecule has 7 heteroatoms. The third-order valence-electron chi connectivity index (χ3n) is 5.39. The monoisotopic (exact) mass is 379 g/mol. The molecule has 0 saturated heterocycles. The van der Waals surface area contributed by atoms with E-state index in [0.29, 0.717) is 6.54 Å². The Morgan fingerprint density at radius 2 is 2.18 bits per heavy atom. The van der Waals surface area contributed by atoms with Crippen LogP contribution in [0.4, 0.5) is 4.79 Å². The largest absolute Gasteiger partial charge is 0.497 e. The molecule has 28 heavy (non-hydrogen) atoms. The third kappa shape index (κ3) is 3.52. The van der Waals surface area contributed by atoms with E-state index >= 15 is 0 Å². The van der Waals surface area contributed by atoms with E-state index in [9.17, 15) is 4.79 Å². The minimum absolute atomic E-state index is 0.0212. The summed E-state index contributed by atoms with van der Waals surface area (Å²) in [5.74, 6) is 1.74. The topological polar surface area (TPSA) is 71.8 Å². The van der Waals surface area contributed by atoms with E-state index in [-0.39, 0.29) is 12.1 Å². The normalized spacial score (nSPS) is 16.1. The Balaban J connectivity index is 1.32. The minimum atomic E-state index is -0.0212. The van der Waals surface area contributed by atoms with Gasteiger partial charge in [0.05, 0.1) is 13.2 Å². The lowest BCUT2D eigenvalue weighted by Gasteiger charge is -2.35. The smallest absolute Gasteiger partial charge is 0.317 e. The molecule has 0 saturated carbocycles. The van der Waals surface area contributed by atoms with Gasteiger partial charge in [-0.25, -0.2) is 4.79 Å². The zero-order valence-electron chi connectivity index (χ0n) is 16.3. The molecular formula is C21H25N5O2. The van der Waals surface area contributed by atoms with Gasteiger partial charge < -0.3 is 15.0 Å². The van der Waals surface area contributed by atoms with Gasteiger partial charge in [0.1, 0.15) is 11.6 Å². The Hall–Kier alpha value is -3.09. The summed E-state index contributed by atoms with van der Waals surface area (Å²) in [7, 11) is 1.66. The molecule has 1 atom stereocenters. The summed E-state index contributed by atoms with van der Waals surface area (Å²) in [5, 5.41) is 11.4. The second-order valence-corrected chi connectivity index (χ2v) is 7.06. The van der Waals surface area contributed by atoms with Crippen LogP contribution in [-0.4, -0.2) is 45.7 Å². The van der Waals surface area contributed by atoms with Crippen molar-refractivity contribution < 1.29 is 9.53 Å². The van der Waals surface area contributed by atoms with Crippen molar-refractivity contribution >= 4 is 11.7 Å². The van der Waals surface area contributed by atoms with E-state index in [1.807, 2.05) is 45.8 Å². The van der Waals surface area contributed by atoms with Crippen molar-refractivity contribution in [1.29, 1.82) is 0 Å². The quantitative estimate of drug-likeness (QED) is 0.692. The van der Waals surface area contributed by atoms with Crippen LogP contribution in [0.15, 0.2) is 42.6 Å². The van der Waals surface area contributed by atoms with Gasteiger partial charge in [-0.1, -0.05) is 12.1 Å². The number of rotatable bonds is 5. The number of aromatic nitrogens is 3. The first-order valence-electron chi connectivity index (χ1n) is 9.67. The number of carbonyl (C=O) groups excluding carboxylic acids is 1. The maximum absolute atomic E-state index is 12.7. The van der Waals surface area contributed by atoms with Crippen LogP contribution < -0.4 is 10.1 Å². The first-order chi connectivity index (χ1) is 13.7. The molecule has 0 radical (unpaired) electrons. The fourth-order valence-electron chi connectivity index (χ4n) is 3.80. The van der Waals surface area contributed by atoms with Crippen LogP contribution in [0, 0.1) is 0 Å². The van der Waals surface area contributed by atoms with Gasteiger partial charge in [-0.05, 0) is 55.2 Å². The number of pyridine rings is 1. The van der Waals surface area contributed by atoms with E-state index < -0.39 is 0 Å². The highest BCUT2D eigenvalue weighted by Gasteiger charge is 2.27. The fraction of sp³-hybridized carbons (Fsp3) is 0.381. The zero-order valence-corrected chi connectivity index (χ0v) is 16.3. The van der Waals surface area contributed by atoms with Gasteiger partial charge in [-0.15, -0.1) is 10.2 Å². The van der Waals surface area contributed by atoms with E-state index in [4.69, 9.17) is 4.74 Å². The molecule has 3 heterocycles. The summed E-state index contributed by atoms with van der Waals surface area (Å²) < 4.78 is 7.32. The number of fused-ring (bicyclic) bond motifs is 2. The van der Waals surface area contributed by atoms with E-state index in [2.05, 4.69) is 28.5 Å². The highest BCUT2D eigenvalue weighted by molar-refractivity contribution is 5.75. The van der Waals surface area contributed by atoms with Crippen LogP contribution in [-0.2, 0) is 12.8 Å². The second-order valence-electron chi connectivity index (χ2n) is 7.06. The number of hydrogen-bond donors (Lipinski definition) is 1. The number of urea groups is 1. The maximum Gasteiger partial charge on any atom is 0.317 e. The van der Waals surface area contributed by atoms with Crippen LogP contribution in [0.3, 0.4) is 0 Å². The Kier molecular flexibility index (Phi) is 5.14. The first kappa shape index (κ1) is 18.3. The zero-order chi connectivity index (χ0) is 19.5. The van der Waals surface area contributed by atoms with Crippen molar-refractivity contribution in [3.8, 4) is 5.75 Å². The van der Waals surface area contributed by atoms with Crippen molar-refractivity contribution in [3.05, 3.63) is 59.5 Å². The fourth-order valence-corrected chi connectivity index (χ4v) is 3.80. The van der Waals surface area contributed by atoms with Crippen molar-refractivity contribution in [2.24, 2.45) is 0 Å². The molecule has 1 unspecified atom stereocenters. The van der Waals surface area contributed by atoms with Gasteiger partial charge in [0.15, 0.2) is 5.65 Å². The maximum atomic E-state index is 12.7. The van der Waals surface area contributed by atoms with Gasteiger partial charge in [-0.2, -0.15) is 0 Å². The summed E-state index contributed by atoms with van der Waals surface area (Å²) in [4.78, 5) is 14.6. The molecule has 7 nitrogen and oxygen atoms in total. The lowest BCUT2D eigenvalue weighted by atomic mass is 9.93. The molecule has 1 aliphatic rings. The van der Waals surface area contributed by atoms with E-state index in [1.165, 1.54) is 5.56 Å². The molecule has 3 aromatic rings. The van der Waals surface area contributed by atoms with Crippen molar-refractivity contribution in [2.75, 3.05) is 20.2 Å². The van der Waals surface area contributed by atoms with Crippen LogP contribution >= 0.6 is 0 Å². The van der Waals surface area contributed by atoms with Crippen molar-refractivity contribution in [2.45, 2.75) is 32.2 Å². The lowest BCUT2D eigenvalue weighted by Crippen LogP contribution is -2.45. The molecule has 0 bridgehead atoms. The Morgan fingerprint density at radius 3 is 3.04 bits per heavy atom. The molecule has 2 aromatic heterocycles. The standard InChI is InChI=1S/C21H25N5O2/c1-15-18-14-17(28-2)9-8-16(18)10-13-25(15)21(27)22-11-5-7-20-24-23-19-6-3-4-12-26(19)20/h3-4,6,8-9,12,14-15H,5,7,10-11,13H2,1-2H3,(H,22,27). The number of nitrogens with zero attached hydrogens (tertiary/aromatic N) is 4. The lowest BCUT2D eigenvalue weighted by molar-refractivity contribution is 0.174. The number of hydrogen-bond acceptors (Lipinski definition) is 4. The number of methoxy groups -OCH3 is 1. The van der Waals surface area contributed by atoms with Crippen LogP contribution in [0.2, 0.25) is 0 Å². The van der Waals surface area contributed by atoms with Gasteiger partial charge in [0.2, 0.25) is 0 Å².